The van der Waals surface area contributed by atoms with Crippen molar-refractivity contribution in [3.63, 3.8) is 0 Å². The van der Waals surface area contributed by atoms with Gasteiger partial charge in [0.25, 0.3) is 0 Å². The van der Waals surface area contributed by atoms with Gasteiger partial charge < -0.3 is 21.9 Å². The Morgan fingerprint density at radius 1 is 1.00 bits per heavy atom. The molecule has 1 heterocycles. The van der Waals surface area contributed by atoms with Crippen molar-refractivity contribution < 1.29 is 9.90 Å². The van der Waals surface area contributed by atoms with E-state index in [-0.39, 0.29) is 18.4 Å². The van der Waals surface area contributed by atoms with E-state index in [0.717, 1.165) is 16.5 Å². The number of nitrogen functional groups attached to an aromatic ring is 2. The number of hydrogen-bond acceptors (Lipinski definition) is 7. The number of aliphatic carboxylic acids is 1. The monoisotopic (exact) mass is 428 g/mol. The van der Waals surface area contributed by atoms with Crippen molar-refractivity contribution in [1.29, 1.82) is 0 Å². The summed E-state index contributed by atoms with van der Waals surface area (Å²) in [7, 11) is 0. The second kappa shape index (κ2) is 8.89. The van der Waals surface area contributed by atoms with Crippen molar-refractivity contribution >= 4 is 34.3 Å². The van der Waals surface area contributed by atoms with Crippen LogP contribution in [0, 0.1) is 0 Å². The van der Waals surface area contributed by atoms with Crippen LogP contribution in [-0.4, -0.2) is 26.0 Å². The van der Waals surface area contributed by atoms with Crippen LogP contribution >= 0.6 is 0 Å². The molecule has 3 aromatic carbocycles. The van der Waals surface area contributed by atoms with E-state index >= 15 is 0 Å². The quantitative estimate of drug-likeness (QED) is 0.323. The molecule has 0 aliphatic carbocycles. The van der Waals surface area contributed by atoms with Gasteiger partial charge in [-0.05, 0) is 47.4 Å². The molecule has 4 rings (SSSR count). The average Bonchev–Trinajstić information content (AvgIpc) is 2.77. The van der Waals surface area contributed by atoms with Crippen LogP contribution in [0.5, 0.6) is 0 Å². The number of nitrogens with one attached hydrogen (secondary N) is 1. The van der Waals surface area contributed by atoms with Crippen molar-refractivity contribution in [1.82, 2.24) is 15.0 Å². The predicted octanol–water partition coefficient (Wildman–Crippen LogP) is 4.05. The number of carboxylic acids is 1. The van der Waals surface area contributed by atoms with Crippen molar-refractivity contribution in [2.75, 3.05) is 16.8 Å². The van der Waals surface area contributed by atoms with Crippen LogP contribution in [0.2, 0.25) is 0 Å². The Kier molecular flexibility index (Phi) is 5.85. The van der Waals surface area contributed by atoms with Gasteiger partial charge in [-0.1, -0.05) is 48.5 Å². The molecule has 6 N–H and O–H groups in total. The highest BCUT2D eigenvalue weighted by Gasteiger charge is 2.15. The first-order chi connectivity index (χ1) is 15.4. The molecule has 0 bridgehead atoms. The van der Waals surface area contributed by atoms with E-state index in [1.807, 2.05) is 19.1 Å². The number of aromatic nitrogens is 3. The third kappa shape index (κ3) is 4.59. The van der Waals surface area contributed by atoms with Gasteiger partial charge in [-0.3, -0.25) is 4.79 Å². The summed E-state index contributed by atoms with van der Waals surface area (Å²) >= 11 is 0. The van der Waals surface area contributed by atoms with Gasteiger partial charge in [0.05, 0.1) is 6.04 Å². The van der Waals surface area contributed by atoms with Gasteiger partial charge in [0.2, 0.25) is 11.9 Å². The van der Waals surface area contributed by atoms with Gasteiger partial charge in [-0.15, -0.1) is 0 Å². The molecule has 0 amide bonds. The molecule has 0 spiro atoms. The number of aryl methyl sites for hydroxylation is 1. The zero-order chi connectivity index (χ0) is 22.7. The molecule has 8 heteroatoms. The molecule has 1 atom stereocenters. The van der Waals surface area contributed by atoms with Crippen LogP contribution in [0.25, 0.3) is 22.2 Å². The van der Waals surface area contributed by atoms with E-state index in [9.17, 15) is 4.79 Å². The zero-order valence-electron chi connectivity index (χ0n) is 17.6. The van der Waals surface area contributed by atoms with Crippen molar-refractivity contribution in [2.45, 2.75) is 25.8 Å². The highest BCUT2D eigenvalue weighted by molar-refractivity contribution is 5.83. The van der Waals surface area contributed by atoms with Crippen molar-refractivity contribution in [2.24, 2.45) is 0 Å². The third-order valence-electron chi connectivity index (χ3n) is 5.32. The molecular formula is C24H24N6O2. The molecule has 32 heavy (non-hydrogen) atoms. The molecule has 0 unspecified atom stereocenters. The Hall–Kier alpha value is -4.20. The predicted molar refractivity (Wildman–Crippen MR) is 126 cm³/mol. The topological polar surface area (TPSA) is 140 Å². The van der Waals surface area contributed by atoms with E-state index < -0.39 is 5.97 Å². The minimum Gasteiger partial charge on any atom is -0.481 e. The molecule has 0 aliphatic heterocycles. The maximum absolute atomic E-state index is 10.9. The Bertz CT molecular complexity index is 1290. The molecule has 8 nitrogen and oxygen atoms in total. The van der Waals surface area contributed by atoms with Gasteiger partial charge >= 0.3 is 5.97 Å². The standard InChI is InChI=1S/C24H24N6O2/c1-14(17-10-9-15-5-2-3-6-18(15)13-17)27-24-29-22(28-23(26)30-24)19-8-4-7-16(21(19)25)11-12-20(31)32/h2-10,13-14H,11-12,25H2,1H3,(H,31,32)(H3,26,27,28,29,30)/t14-/m1/s1. The number of carboxylic acid groups (broad SMARTS) is 1. The first-order valence-electron chi connectivity index (χ1n) is 10.3. The number of carbonyl (C=O) groups is 1. The lowest BCUT2D eigenvalue weighted by Gasteiger charge is -2.16. The van der Waals surface area contributed by atoms with Crippen LogP contribution < -0.4 is 16.8 Å². The Balaban J connectivity index is 1.61. The van der Waals surface area contributed by atoms with Gasteiger partial charge in [0.1, 0.15) is 0 Å². The summed E-state index contributed by atoms with van der Waals surface area (Å²) in [6.07, 6.45) is 0.308. The molecule has 1 aromatic heterocycles. The van der Waals surface area contributed by atoms with Crippen LogP contribution in [0.4, 0.5) is 17.6 Å². The fraction of sp³-hybridized carbons (Fsp3) is 0.167. The lowest BCUT2D eigenvalue weighted by molar-refractivity contribution is -0.136. The summed E-state index contributed by atoms with van der Waals surface area (Å²) in [5.41, 5.74) is 15.1. The maximum atomic E-state index is 10.9. The van der Waals surface area contributed by atoms with E-state index in [1.165, 1.54) is 5.39 Å². The fourth-order valence-corrected chi connectivity index (χ4v) is 3.60. The molecule has 162 valence electrons. The number of benzene rings is 3. The van der Waals surface area contributed by atoms with Gasteiger partial charge in [-0.25, -0.2) is 0 Å². The van der Waals surface area contributed by atoms with E-state index in [2.05, 4.69) is 50.6 Å². The number of rotatable bonds is 7. The molecule has 0 radical (unpaired) electrons. The van der Waals surface area contributed by atoms with Gasteiger partial charge in [-0.2, -0.15) is 15.0 Å². The number of nitrogens with zero attached hydrogens (tertiary/aromatic N) is 3. The number of hydrogen-bond donors (Lipinski definition) is 4. The van der Waals surface area contributed by atoms with Crippen LogP contribution in [0.15, 0.2) is 60.7 Å². The summed E-state index contributed by atoms with van der Waals surface area (Å²) < 4.78 is 0. The summed E-state index contributed by atoms with van der Waals surface area (Å²) in [5, 5.41) is 14.6. The van der Waals surface area contributed by atoms with E-state index in [0.29, 0.717) is 29.4 Å². The number of anilines is 3. The SMILES string of the molecule is C[C@@H](Nc1nc(N)nc(-c2cccc(CCC(=O)O)c2N)n1)c1ccc2ccccc2c1. The van der Waals surface area contributed by atoms with Crippen molar-refractivity contribution in [3.8, 4) is 11.4 Å². The molecule has 0 aliphatic rings. The van der Waals surface area contributed by atoms with Gasteiger partial charge in [0, 0.05) is 17.7 Å². The van der Waals surface area contributed by atoms with E-state index in [4.69, 9.17) is 16.6 Å². The van der Waals surface area contributed by atoms with Crippen LogP contribution in [0.1, 0.15) is 30.5 Å². The number of para-hydroxylation sites is 1. The largest absolute Gasteiger partial charge is 0.481 e. The lowest BCUT2D eigenvalue weighted by atomic mass is 10.0. The van der Waals surface area contributed by atoms with Crippen LogP contribution in [0.3, 0.4) is 0 Å². The smallest absolute Gasteiger partial charge is 0.303 e. The van der Waals surface area contributed by atoms with Crippen molar-refractivity contribution in [3.05, 3.63) is 71.8 Å². The fourth-order valence-electron chi connectivity index (χ4n) is 3.60. The minimum absolute atomic E-state index is 0.0108. The maximum Gasteiger partial charge on any atom is 0.303 e. The Labute approximate surface area is 185 Å². The van der Waals surface area contributed by atoms with E-state index in [1.54, 1.807) is 18.2 Å². The zero-order valence-corrected chi connectivity index (χ0v) is 17.6. The summed E-state index contributed by atoms with van der Waals surface area (Å²) in [6.45, 7) is 2.02. The minimum atomic E-state index is -0.881. The number of nitrogens with two attached hydrogens (primary N) is 2. The summed E-state index contributed by atoms with van der Waals surface area (Å²) in [5.74, 6) is -0.143. The molecule has 4 aromatic rings. The third-order valence-corrected chi connectivity index (χ3v) is 5.32. The second-order valence-corrected chi connectivity index (χ2v) is 7.59. The first kappa shape index (κ1) is 21.0. The Morgan fingerprint density at radius 3 is 2.56 bits per heavy atom. The molecule has 0 saturated carbocycles. The van der Waals surface area contributed by atoms with Crippen LogP contribution in [-0.2, 0) is 11.2 Å². The molecule has 0 saturated heterocycles. The summed E-state index contributed by atoms with van der Waals surface area (Å²) in [6, 6.07) is 19.8. The second-order valence-electron chi connectivity index (χ2n) is 7.59. The number of fused-ring (bicyclic) bond motifs is 1. The first-order valence-corrected chi connectivity index (χ1v) is 10.3. The Morgan fingerprint density at radius 2 is 1.78 bits per heavy atom. The van der Waals surface area contributed by atoms with Gasteiger partial charge in [0.15, 0.2) is 5.82 Å². The highest BCUT2D eigenvalue weighted by Crippen LogP contribution is 2.29. The lowest BCUT2D eigenvalue weighted by Crippen LogP contribution is -2.12. The molecule has 0 fully saturated rings. The summed E-state index contributed by atoms with van der Waals surface area (Å²) in [4.78, 5) is 23.9. The highest BCUT2D eigenvalue weighted by atomic mass is 16.4. The normalized spacial score (nSPS) is 11.9. The molecular weight excluding hydrogens is 404 g/mol. The average molecular weight is 428 g/mol.